The van der Waals surface area contributed by atoms with Crippen molar-refractivity contribution < 1.29 is 9.84 Å². The molecule has 1 N–H and O–H groups in total. The second kappa shape index (κ2) is 6.31. The van der Waals surface area contributed by atoms with Gasteiger partial charge in [-0.25, -0.2) is 0 Å². The van der Waals surface area contributed by atoms with E-state index in [-0.39, 0.29) is 6.10 Å². The summed E-state index contributed by atoms with van der Waals surface area (Å²) in [4.78, 5) is 0. The van der Waals surface area contributed by atoms with Gasteiger partial charge in [0.1, 0.15) is 5.75 Å². The Morgan fingerprint density at radius 2 is 2.24 bits per heavy atom. The average molecular weight is 286 g/mol. The number of aromatic nitrogens is 2. The molecule has 1 aromatic heterocycles. The first-order valence-corrected chi connectivity index (χ1v) is 7.64. The molecule has 1 atom stereocenters. The number of rotatable bonds is 5. The molecule has 3 rings (SSSR count). The highest BCUT2D eigenvalue weighted by atomic mass is 16.5. The lowest BCUT2D eigenvalue weighted by atomic mass is 9.96. The first-order valence-electron chi connectivity index (χ1n) is 7.64. The minimum atomic E-state index is -0.212. The standard InChI is InChI=1S/C17H22N2O2/c1-13-5-2-3-6-17(13)21-10-4-9-19-16-11-15(20)8-7-14(16)12-18-19/h2-3,5-6,12,15,20H,4,7-11H2,1H3/t15-/m1/s1. The van der Waals surface area contributed by atoms with Crippen LogP contribution < -0.4 is 4.74 Å². The molecular weight excluding hydrogens is 264 g/mol. The van der Waals surface area contributed by atoms with Gasteiger partial charge in [-0.05, 0) is 37.0 Å². The zero-order valence-corrected chi connectivity index (χ0v) is 12.5. The highest BCUT2D eigenvalue weighted by molar-refractivity contribution is 5.31. The van der Waals surface area contributed by atoms with E-state index in [0.29, 0.717) is 6.61 Å². The Balaban J connectivity index is 1.52. The summed E-state index contributed by atoms with van der Waals surface area (Å²) in [5.41, 5.74) is 3.65. The van der Waals surface area contributed by atoms with Crippen LogP contribution in [0.1, 0.15) is 29.7 Å². The number of hydrogen-bond donors (Lipinski definition) is 1. The molecule has 0 bridgehead atoms. The van der Waals surface area contributed by atoms with Crippen molar-refractivity contribution in [3.63, 3.8) is 0 Å². The van der Waals surface area contributed by atoms with E-state index < -0.39 is 0 Å². The van der Waals surface area contributed by atoms with Gasteiger partial charge in [-0.15, -0.1) is 0 Å². The summed E-state index contributed by atoms with van der Waals surface area (Å²) in [6, 6.07) is 8.07. The molecule has 1 aromatic carbocycles. The van der Waals surface area contributed by atoms with Gasteiger partial charge in [0.2, 0.25) is 0 Å². The largest absolute Gasteiger partial charge is 0.493 e. The Hall–Kier alpha value is -1.81. The fourth-order valence-corrected chi connectivity index (χ4v) is 2.85. The zero-order chi connectivity index (χ0) is 14.7. The summed E-state index contributed by atoms with van der Waals surface area (Å²) in [5, 5.41) is 14.2. The van der Waals surface area contributed by atoms with Crippen molar-refractivity contribution in [1.29, 1.82) is 0 Å². The molecule has 112 valence electrons. The lowest BCUT2D eigenvalue weighted by Crippen LogP contribution is -2.21. The molecule has 0 spiro atoms. The van der Waals surface area contributed by atoms with E-state index in [1.807, 2.05) is 29.1 Å². The van der Waals surface area contributed by atoms with Gasteiger partial charge in [0.15, 0.2) is 0 Å². The number of benzene rings is 1. The van der Waals surface area contributed by atoms with Gasteiger partial charge in [0.05, 0.1) is 18.9 Å². The van der Waals surface area contributed by atoms with E-state index in [9.17, 15) is 5.11 Å². The van der Waals surface area contributed by atoms with E-state index in [4.69, 9.17) is 4.74 Å². The highest BCUT2D eigenvalue weighted by Gasteiger charge is 2.20. The number of fused-ring (bicyclic) bond motifs is 1. The first kappa shape index (κ1) is 14.1. The van der Waals surface area contributed by atoms with Gasteiger partial charge >= 0.3 is 0 Å². The van der Waals surface area contributed by atoms with Gasteiger partial charge in [-0.3, -0.25) is 4.68 Å². The summed E-state index contributed by atoms with van der Waals surface area (Å²) in [5.74, 6) is 0.954. The van der Waals surface area contributed by atoms with Crippen LogP contribution in [0, 0.1) is 6.92 Å². The van der Waals surface area contributed by atoms with Crippen LogP contribution in [0.25, 0.3) is 0 Å². The monoisotopic (exact) mass is 286 g/mol. The molecule has 0 radical (unpaired) electrons. The topological polar surface area (TPSA) is 47.3 Å². The van der Waals surface area contributed by atoms with Crippen molar-refractivity contribution in [2.45, 2.75) is 45.3 Å². The number of nitrogens with zero attached hydrogens (tertiary/aromatic N) is 2. The van der Waals surface area contributed by atoms with E-state index in [1.165, 1.54) is 11.3 Å². The first-order chi connectivity index (χ1) is 10.2. The number of aliphatic hydroxyl groups excluding tert-OH is 1. The molecule has 1 aliphatic carbocycles. The number of para-hydroxylation sites is 1. The van der Waals surface area contributed by atoms with Crippen molar-refractivity contribution in [2.24, 2.45) is 0 Å². The predicted molar refractivity (Wildman–Crippen MR) is 81.5 cm³/mol. The van der Waals surface area contributed by atoms with Gasteiger partial charge in [-0.1, -0.05) is 18.2 Å². The summed E-state index contributed by atoms with van der Waals surface area (Å²) in [7, 11) is 0. The van der Waals surface area contributed by atoms with Crippen LogP contribution in [0.4, 0.5) is 0 Å². The SMILES string of the molecule is Cc1ccccc1OCCCn1ncc2c1C[C@H](O)CC2. The van der Waals surface area contributed by atoms with E-state index >= 15 is 0 Å². The molecule has 21 heavy (non-hydrogen) atoms. The average Bonchev–Trinajstić information content (AvgIpc) is 2.88. The summed E-state index contributed by atoms with van der Waals surface area (Å²) >= 11 is 0. The molecule has 0 fully saturated rings. The van der Waals surface area contributed by atoms with E-state index in [1.54, 1.807) is 0 Å². The normalized spacial score (nSPS) is 17.5. The third kappa shape index (κ3) is 3.27. The van der Waals surface area contributed by atoms with Crippen molar-refractivity contribution in [1.82, 2.24) is 9.78 Å². The van der Waals surface area contributed by atoms with Crippen LogP contribution in [0.5, 0.6) is 5.75 Å². The third-order valence-corrected chi connectivity index (χ3v) is 4.08. The molecule has 1 heterocycles. The molecule has 0 saturated carbocycles. The van der Waals surface area contributed by atoms with Crippen LogP contribution in [0.15, 0.2) is 30.5 Å². The van der Waals surface area contributed by atoms with E-state index in [2.05, 4.69) is 18.1 Å². The number of ether oxygens (including phenoxy) is 1. The molecule has 4 nitrogen and oxygen atoms in total. The van der Waals surface area contributed by atoms with Gasteiger partial charge in [0, 0.05) is 25.1 Å². The lowest BCUT2D eigenvalue weighted by molar-refractivity contribution is 0.155. The van der Waals surface area contributed by atoms with Crippen LogP contribution in [0.2, 0.25) is 0 Å². The van der Waals surface area contributed by atoms with Crippen LogP contribution in [0.3, 0.4) is 0 Å². The van der Waals surface area contributed by atoms with Gasteiger partial charge < -0.3 is 9.84 Å². The van der Waals surface area contributed by atoms with E-state index in [0.717, 1.165) is 43.5 Å². The molecule has 2 aromatic rings. The predicted octanol–water partition coefficient (Wildman–Crippen LogP) is 2.51. The second-order valence-corrected chi connectivity index (χ2v) is 5.70. The zero-order valence-electron chi connectivity index (χ0n) is 12.5. The van der Waals surface area contributed by atoms with Crippen LogP contribution >= 0.6 is 0 Å². The minimum absolute atomic E-state index is 0.212. The smallest absolute Gasteiger partial charge is 0.122 e. The summed E-state index contributed by atoms with van der Waals surface area (Å²) in [6.07, 6.45) is 5.18. The van der Waals surface area contributed by atoms with Crippen LogP contribution in [-0.4, -0.2) is 27.6 Å². The highest BCUT2D eigenvalue weighted by Crippen LogP contribution is 2.21. The van der Waals surface area contributed by atoms with Gasteiger partial charge in [-0.2, -0.15) is 5.10 Å². The molecular formula is C17H22N2O2. The second-order valence-electron chi connectivity index (χ2n) is 5.70. The van der Waals surface area contributed by atoms with Crippen molar-refractivity contribution in [3.05, 3.63) is 47.3 Å². The quantitative estimate of drug-likeness (QED) is 0.859. The number of aryl methyl sites for hydroxylation is 3. The maximum Gasteiger partial charge on any atom is 0.122 e. The fourth-order valence-electron chi connectivity index (χ4n) is 2.85. The Morgan fingerprint density at radius 1 is 1.38 bits per heavy atom. The summed E-state index contributed by atoms with van der Waals surface area (Å²) in [6.45, 7) is 3.58. The van der Waals surface area contributed by atoms with Crippen molar-refractivity contribution >= 4 is 0 Å². The molecule has 0 aliphatic heterocycles. The van der Waals surface area contributed by atoms with Crippen molar-refractivity contribution in [2.75, 3.05) is 6.61 Å². The Bertz CT molecular complexity index is 607. The summed E-state index contributed by atoms with van der Waals surface area (Å²) < 4.78 is 7.84. The molecule has 1 aliphatic rings. The fraction of sp³-hybridized carbons (Fsp3) is 0.471. The van der Waals surface area contributed by atoms with Crippen LogP contribution in [-0.2, 0) is 19.4 Å². The Labute approximate surface area is 125 Å². The Kier molecular flexibility index (Phi) is 4.25. The molecule has 4 heteroatoms. The van der Waals surface area contributed by atoms with Gasteiger partial charge in [0.25, 0.3) is 0 Å². The molecule has 0 saturated heterocycles. The van der Waals surface area contributed by atoms with Crippen molar-refractivity contribution in [3.8, 4) is 5.75 Å². The Morgan fingerprint density at radius 3 is 3.10 bits per heavy atom. The maximum atomic E-state index is 9.78. The minimum Gasteiger partial charge on any atom is -0.493 e. The molecule has 0 amide bonds. The maximum absolute atomic E-state index is 9.78. The third-order valence-electron chi connectivity index (χ3n) is 4.08. The molecule has 0 unspecified atom stereocenters. The lowest BCUT2D eigenvalue weighted by Gasteiger charge is -2.19. The number of aliphatic hydroxyl groups is 1. The number of hydrogen-bond acceptors (Lipinski definition) is 3.